The van der Waals surface area contributed by atoms with E-state index in [1.807, 2.05) is 0 Å². The zero-order valence-electron chi connectivity index (χ0n) is 8.64. The maximum absolute atomic E-state index is 11.9. The first kappa shape index (κ1) is 13.8. The van der Waals surface area contributed by atoms with Gasteiger partial charge in [-0.15, -0.1) is 11.3 Å². The first-order valence-corrected chi connectivity index (χ1v) is 6.05. The molecule has 1 aromatic rings. The summed E-state index contributed by atoms with van der Waals surface area (Å²) in [5.41, 5.74) is 0.844. The van der Waals surface area contributed by atoms with Crippen molar-refractivity contribution in [2.75, 3.05) is 0 Å². The third kappa shape index (κ3) is 3.96. The molecule has 0 amide bonds. The Morgan fingerprint density at radius 1 is 1.50 bits per heavy atom. The maximum atomic E-state index is 11.9. The normalized spacial score (nSPS) is 14.1. The summed E-state index contributed by atoms with van der Waals surface area (Å²) in [6.45, 7) is 1.80. The van der Waals surface area contributed by atoms with E-state index in [2.05, 4.69) is 0 Å². The molecular formula is C10H12ClF3OS. The lowest BCUT2D eigenvalue weighted by Crippen LogP contribution is -2.07. The highest BCUT2D eigenvalue weighted by atomic mass is 35.5. The van der Waals surface area contributed by atoms with E-state index in [0.29, 0.717) is 9.90 Å². The van der Waals surface area contributed by atoms with E-state index in [1.165, 1.54) is 11.3 Å². The third-order valence-corrected chi connectivity index (χ3v) is 3.98. The first-order valence-electron chi connectivity index (χ1n) is 4.79. The summed E-state index contributed by atoms with van der Waals surface area (Å²) < 4.78 is 35.7. The van der Waals surface area contributed by atoms with Crippen molar-refractivity contribution in [3.8, 4) is 0 Å². The fraction of sp³-hybridized carbons (Fsp3) is 0.600. The average molecular weight is 273 g/mol. The summed E-state index contributed by atoms with van der Waals surface area (Å²) >= 11 is 7.18. The van der Waals surface area contributed by atoms with Gasteiger partial charge in [-0.3, -0.25) is 0 Å². The zero-order chi connectivity index (χ0) is 12.3. The third-order valence-electron chi connectivity index (χ3n) is 2.17. The Kier molecular flexibility index (Phi) is 4.64. The van der Waals surface area contributed by atoms with Crippen LogP contribution in [0.25, 0.3) is 0 Å². The highest BCUT2D eigenvalue weighted by molar-refractivity contribution is 7.10. The van der Waals surface area contributed by atoms with E-state index >= 15 is 0 Å². The molecule has 1 heterocycles. The van der Waals surface area contributed by atoms with E-state index in [-0.39, 0.29) is 12.8 Å². The summed E-state index contributed by atoms with van der Waals surface area (Å²) in [6, 6.07) is 0. The SMILES string of the molecule is Cc1csc(C(O)CCCC(F)(F)F)c1Cl. The van der Waals surface area contributed by atoms with Crippen molar-refractivity contribution >= 4 is 22.9 Å². The van der Waals surface area contributed by atoms with Gasteiger partial charge in [0, 0.05) is 6.42 Å². The van der Waals surface area contributed by atoms with Crippen LogP contribution in [0, 0.1) is 6.92 Å². The van der Waals surface area contributed by atoms with Gasteiger partial charge in [0.15, 0.2) is 0 Å². The number of hydrogen-bond donors (Lipinski definition) is 1. The summed E-state index contributed by atoms with van der Waals surface area (Å²) in [7, 11) is 0. The van der Waals surface area contributed by atoms with Gasteiger partial charge in [0.25, 0.3) is 0 Å². The summed E-state index contributed by atoms with van der Waals surface area (Å²) in [5, 5.41) is 11.9. The van der Waals surface area contributed by atoms with Gasteiger partial charge in [0.05, 0.1) is 16.0 Å². The minimum absolute atomic E-state index is 0.0825. The molecule has 0 saturated heterocycles. The Hall–Kier alpha value is -0.260. The number of alkyl halides is 3. The minimum atomic E-state index is -4.16. The van der Waals surface area contributed by atoms with Crippen molar-refractivity contribution in [2.24, 2.45) is 0 Å². The highest BCUT2D eigenvalue weighted by Crippen LogP contribution is 2.35. The topological polar surface area (TPSA) is 20.2 Å². The second-order valence-corrected chi connectivity index (χ2v) is 4.91. The molecule has 0 aliphatic heterocycles. The van der Waals surface area contributed by atoms with E-state index in [1.54, 1.807) is 12.3 Å². The van der Waals surface area contributed by atoms with Crippen molar-refractivity contribution in [1.82, 2.24) is 0 Å². The predicted molar refractivity (Wildman–Crippen MR) is 58.9 cm³/mol. The van der Waals surface area contributed by atoms with Crippen LogP contribution >= 0.6 is 22.9 Å². The van der Waals surface area contributed by atoms with Gasteiger partial charge in [0.1, 0.15) is 0 Å². The lowest BCUT2D eigenvalue weighted by molar-refractivity contribution is -0.136. The highest BCUT2D eigenvalue weighted by Gasteiger charge is 2.27. The van der Waals surface area contributed by atoms with E-state index in [9.17, 15) is 18.3 Å². The van der Waals surface area contributed by atoms with Crippen LogP contribution in [0.3, 0.4) is 0 Å². The molecule has 92 valence electrons. The van der Waals surface area contributed by atoms with Crippen LogP contribution in [0.5, 0.6) is 0 Å². The molecule has 1 N–H and O–H groups in total. The largest absolute Gasteiger partial charge is 0.389 e. The second kappa shape index (κ2) is 5.38. The molecule has 1 atom stereocenters. The number of hydrogen-bond acceptors (Lipinski definition) is 2. The van der Waals surface area contributed by atoms with Crippen LogP contribution in [0.4, 0.5) is 13.2 Å². The van der Waals surface area contributed by atoms with Crippen LogP contribution in [-0.2, 0) is 0 Å². The Balaban J connectivity index is 2.47. The molecule has 0 saturated carbocycles. The number of aliphatic hydroxyl groups excluding tert-OH is 1. The van der Waals surface area contributed by atoms with Crippen molar-refractivity contribution < 1.29 is 18.3 Å². The van der Waals surface area contributed by atoms with Crippen LogP contribution in [0.15, 0.2) is 5.38 Å². The van der Waals surface area contributed by atoms with Crippen LogP contribution < -0.4 is 0 Å². The van der Waals surface area contributed by atoms with E-state index < -0.39 is 18.7 Å². The minimum Gasteiger partial charge on any atom is -0.388 e. The van der Waals surface area contributed by atoms with Gasteiger partial charge < -0.3 is 5.11 Å². The Labute approximate surface area is 101 Å². The summed E-state index contributed by atoms with van der Waals surface area (Å²) in [5.74, 6) is 0. The average Bonchev–Trinajstić information content (AvgIpc) is 2.45. The quantitative estimate of drug-likeness (QED) is 0.857. The molecule has 0 bridgehead atoms. The molecular weight excluding hydrogens is 261 g/mol. The van der Waals surface area contributed by atoms with Gasteiger partial charge in [-0.05, 0) is 30.7 Å². The molecule has 1 nitrogen and oxygen atoms in total. The monoisotopic (exact) mass is 272 g/mol. The van der Waals surface area contributed by atoms with E-state index in [4.69, 9.17) is 11.6 Å². The predicted octanol–water partition coefficient (Wildman–Crippen LogP) is 4.48. The summed E-state index contributed by atoms with van der Waals surface area (Å²) in [6.07, 6.45) is -5.92. The fourth-order valence-electron chi connectivity index (χ4n) is 1.30. The van der Waals surface area contributed by atoms with Crippen molar-refractivity contribution in [3.05, 3.63) is 20.8 Å². The molecule has 0 spiro atoms. The molecule has 0 aromatic carbocycles. The Morgan fingerprint density at radius 3 is 2.56 bits per heavy atom. The molecule has 6 heteroatoms. The standard InChI is InChI=1S/C10H12ClF3OS/c1-6-5-16-9(8(6)11)7(15)3-2-4-10(12,13)14/h5,7,15H,2-4H2,1H3. The van der Waals surface area contributed by atoms with Crippen LogP contribution in [0.2, 0.25) is 5.02 Å². The molecule has 16 heavy (non-hydrogen) atoms. The second-order valence-electron chi connectivity index (χ2n) is 3.62. The van der Waals surface area contributed by atoms with Gasteiger partial charge >= 0.3 is 6.18 Å². The molecule has 1 rings (SSSR count). The zero-order valence-corrected chi connectivity index (χ0v) is 10.2. The smallest absolute Gasteiger partial charge is 0.388 e. The first-order chi connectivity index (χ1) is 7.31. The molecule has 1 aromatic heterocycles. The Morgan fingerprint density at radius 2 is 2.12 bits per heavy atom. The van der Waals surface area contributed by atoms with Crippen molar-refractivity contribution in [1.29, 1.82) is 0 Å². The van der Waals surface area contributed by atoms with Crippen molar-refractivity contribution in [3.63, 3.8) is 0 Å². The summed E-state index contributed by atoms with van der Waals surface area (Å²) in [4.78, 5) is 0.557. The van der Waals surface area contributed by atoms with Crippen LogP contribution in [-0.4, -0.2) is 11.3 Å². The molecule has 1 unspecified atom stereocenters. The maximum Gasteiger partial charge on any atom is 0.389 e. The number of halogens is 4. The molecule has 0 fully saturated rings. The molecule has 0 radical (unpaired) electrons. The molecule has 0 aliphatic carbocycles. The molecule has 0 aliphatic rings. The number of aliphatic hydroxyl groups is 1. The van der Waals surface area contributed by atoms with Gasteiger partial charge in [-0.25, -0.2) is 0 Å². The van der Waals surface area contributed by atoms with Crippen molar-refractivity contribution in [2.45, 2.75) is 38.5 Å². The number of rotatable bonds is 4. The van der Waals surface area contributed by atoms with Gasteiger partial charge in [0.2, 0.25) is 0 Å². The lowest BCUT2D eigenvalue weighted by atomic mass is 10.1. The van der Waals surface area contributed by atoms with E-state index in [0.717, 1.165) is 5.56 Å². The van der Waals surface area contributed by atoms with Gasteiger partial charge in [-0.2, -0.15) is 13.2 Å². The number of aryl methyl sites for hydroxylation is 1. The fourth-order valence-corrected chi connectivity index (χ4v) is 2.64. The van der Waals surface area contributed by atoms with Crippen LogP contribution in [0.1, 0.15) is 35.8 Å². The van der Waals surface area contributed by atoms with Gasteiger partial charge in [-0.1, -0.05) is 11.6 Å². The number of thiophene rings is 1. The Bertz CT molecular complexity index is 348. The lowest BCUT2D eigenvalue weighted by Gasteiger charge is -2.10.